The standard InChI is InChI=1S/C11H10N4O/c1-16-11-4-8(13)2-3-10(11)15-6-9(5-12)14-7-15/h2-4,6-7H,13H2,1H3. The molecular formula is C11H10N4O. The molecule has 0 spiro atoms. The molecule has 0 aliphatic heterocycles. The second-order valence-corrected chi connectivity index (χ2v) is 3.21. The maximum absolute atomic E-state index is 8.69. The summed E-state index contributed by atoms with van der Waals surface area (Å²) >= 11 is 0. The van der Waals surface area contributed by atoms with E-state index in [2.05, 4.69) is 4.98 Å². The van der Waals surface area contributed by atoms with Crippen molar-refractivity contribution in [1.82, 2.24) is 9.55 Å². The quantitative estimate of drug-likeness (QED) is 0.765. The molecule has 0 saturated carbocycles. The van der Waals surface area contributed by atoms with Gasteiger partial charge >= 0.3 is 0 Å². The molecule has 2 rings (SSSR count). The topological polar surface area (TPSA) is 76.9 Å². The highest BCUT2D eigenvalue weighted by molar-refractivity contribution is 5.56. The van der Waals surface area contributed by atoms with Crippen molar-refractivity contribution in [2.75, 3.05) is 12.8 Å². The fourth-order valence-electron chi connectivity index (χ4n) is 1.42. The van der Waals surface area contributed by atoms with Crippen LogP contribution < -0.4 is 10.5 Å². The molecule has 0 unspecified atom stereocenters. The van der Waals surface area contributed by atoms with Crippen molar-refractivity contribution < 1.29 is 4.74 Å². The first kappa shape index (κ1) is 10.1. The maximum atomic E-state index is 8.69. The minimum atomic E-state index is 0.360. The van der Waals surface area contributed by atoms with Crippen molar-refractivity contribution in [1.29, 1.82) is 5.26 Å². The molecule has 0 saturated heterocycles. The van der Waals surface area contributed by atoms with E-state index in [9.17, 15) is 0 Å². The van der Waals surface area contributed by atoms with Gasteiger partial charge in [-0.3, -0.25) is 0 Å². The van der Waals surface area contributed by atoms with Gasteiger partial charge in [-0.25, -0.2) is 4.98 Å². The molecule has 2 aromatic rings. The third-order valence-corrected chi connectivity index (χ3v) is 2.18. The number of benzene rings is 1. The summed E-state index contributed by atoms with van der Waals surface area (Å²) in [4.78, 5) is 3.92. The molecule has 2 N–H and O–H groups in total. The molecule has 1 heterocycles. The Balaban J connectivity index is 2.51. The van der Waals surface area contributed by atoms with Crippen LogP contribution in [0.4, 0.5) is 5.69 Å². The van der Waals surface area contributed by atoms with Gasteiger partial charge in [0.05, 0.1) is 12.8 Å². The van der Waals surface area contributed by atoms with Crippen LogP contribution in [0.1, 0.15) is 5.69 Å². The predicted octanol–water partition coefficient (Wildman–Crippen LogP) is 1.33. The summed E-state index contributed by atoms with van der Waals surface area (Å²) < 4.78 is 6.93. The zero-order chi connectivity index (χ0) is 11.5. The summed E-state index contributed by atoms with van der Waals surface area (Å²) in [5.41, 5.74) is 7.44. The van der Waals surface area contributed by atoms with Gasteiger partial charge in [-0.15, -0.1) is 0 Å². The molecule has 16 heavy (non-hydrogen) atoms. The fourth-order valence-corrected chi connectivity index (χ4v) is 1.42. The predicted molar refractivity (Wildman–Crippen MR) is 59.2 cm³/mol. The van der Waals surface area contributed by atoms with Gasteiger partial charge < -0.3 is 15.0 Å². The average molecular weight is 214 g/mol. The van der Waals surface area contributed by atoms with Crippen LogP contribution in [0, 0.1) is 11.3 Å². The van der Waals surface area contributed by atoms with Crippen LogP contribution >= 0.6 is 0 Å². The van der Waals surface area contributed by atoms with E-state index in [1.807, 2.05) is 12.1 Å². The van der Waals surface area contributed by atoms with E-state index in [1.54, 1.807) is 36.3 Å². The zero-order valence-corrected chi connectivity index (χ0v) is 8.71. The van der Waals surface area contributed by atoms with Crippen molar-refractivity contribution >= 4 is 5.69 Å². The minimum Gasteiger partial charge on any atom is -0.494 e. The molecule has 1 aromatic heterocycles. The second kappa shape index (κ2) is 3.95. The first-order chi connectivity index (χ1) is 7.74. The number of nitrogen functional groups attached to an aromatic ring is 1. The lowest BCUT2D eigenvalue weighted by Gasteiger charge is -2.09. The fraction of sp³-hybridized carbons (Fsp3) is 0.0909. The molecule has 0 fully saturated rings. The largest absolute Gasteiger partial charge is 0.494 e. The maximum Gasteiger partial charge on any atom is 0.158 e. The molecule has 0 amide bonds. The Morgan fingerprint density at radius 3 is 2.94 bits per heavy atom. The molecule has 0 aliphatic rings. The van der Waals surface area contributed by atoms with Gasteiger partial charge in [0.2, 0.25) is 0 Å². The second-order valence-electron chi connectivity index (χ2n) is 3.21. The van der Waals surface area contributed by atoms with Crippen molar-refractivity contribution in [3.63, 3.8) is 0 Å². The van der Waals surface area contributed by atoms with E-state index >= 15 is 0 Å². The summed E-state index contributed by atoms with van der Waals surface area (Å²) in [6.07, 6.45) is 3.20. The van der Waals surface area contributed by atoms with Gasteiger partial charge in [0, 0.05) is 18.0 Å². The molecule has 1 aromatic carbocycles. The first-order valence-corrected chi connectivity index (χ1v) is 4.62. The van der Waals surface area contributed by atoms with Crippen LogP contribution in [0.3, 0.4) is 0 Å². The highest BCUT2D eigenvalue weighted by Crippen LogP contribution is 2.25. The highest BCUT2D eigenvalue weighted by atomic mass is 16.5. The average Bonchev–Trinajstić information content (AvgIpc) is 2.77. The number of imidazole rings is 1. The summed E-state index contributed by atoms with van der Waals surface area (Å²) in [5, 5.41) is 8.69. The normalized spacial score (nSPS) is 9.75. The third-order valence-electron chi connectivity index (χ3n) is 2.18. The van der Waals surface area contributed by atoms with Crippen molar-refractivity contribution in [2.45, 2.75) is 0 Å². The lowest BCUT2D eigenvalue weighted by molar-refractivity contribution is 0.413. The van der Waals surface area contributed by atoms with E-state index in [0.717, 1.165) is 5.69 Å². The number of rotatable bonds is 2. The summed E-state index contributed by atoms with van der Waals surface area (Å²) in [7, 11) is 1.57. The molecule has 0 aliphatic carbocycles. The molecule has 80 valence electrons. The summed E-state index contributed by atoms with van der Waals surface area (Å²) in [6.45, 7) is 0. The Labute approximate surface area is 92.7 Å². The number of methoxy groups -OCH3 is 1. The highest BCUT2D eigenvalue weighted by Gasteiger charge is 2.06. The number of ether oxygens (including phenoxy) is 1. The van der Waals surface area contributed by atoms with Crippen LogP contribution in [0.25, 0.3) is 5.69 Å². The molecule has 5 nitrogen and oxygen atoms in total. The molecule has 5 heteroatoms. The number of nitrogens with two attached hydrogens (primary N) is 1. The number of hydrogen-bond donors (Lipinski definition) is 1. The van der Waals surface area contributed by atoms with E-state index in [0.29, 0.717) is 17.1 Å². The van der Waals surface area contributed by atoms with E-state index in [-0.39, 0.29) is 0 Å². The van der Waals surface area contributed by atoms with Crippen molar-refractivity contribution in [3.05, 3.63) is 36.4 Å². The first-order valence-electron chi connectivity index (χ1n) is 4.62. The Kier molecular flexibility index (Phi) is 2.48. The number of aromatic nitrogens is 2. The van der Waals surface area contributed by atoms with Crippen LogP contribution in [-0.4, -0.2) is 16.7 Å². The Morgan fingerprint density at radius 1 is 1.50 bits per heavy atom. The van der Waals surface area contributed by atoms with Gasteiger partial charge in [-0.2, -0.15) is 5.26 Å². The lowest BCUT2D eigenvalue weighted by atomic mass is 10.2. The van der Waals surface area contributed by atoms with Crippen LogP contribution in [0.2, 0.25) is 0 Å². The Hall–Kier alpha value is -2.48. The van der Waals surface area contributed by atoms with E-state index in [4.69, 9.17) is 15.7 Å². The van der Waals surface area contributed by atoms with Crippen molar-refractivity contribution in [2.24, 2.45) is 0 Å². The Morgan fingerprint density at radius 2 is 2.31 bits per heavy atom. The number of nitrogens with zero attached hydrogens (tertiary/aromatic N) is 3. The van der Waals surface area contributed by atoms with E-state index in [1.165, 1.54) is 0 Å². The SMILES string of the molecule is COc1cc(N)ccc1-n1cnc(C#N)c1. The molecule has 0 atom stereocenters. The van der Waals surface area contributed by atoms with Crippen LogP contribution in [-0.2, 0) is 0 Å². The molecular weight excluding hydrogens is 204 g/mol. The monoisotopic (exact) mass is 214 g/mol. The molecule has 0 bridgehead atoms. The summed E-state index contributed by atoms with van der Waals surface area (Å²) in [5.74, 6) is 0.641. The van der Waals surface area contributed by atoms with Gasteiger partial charge in [-0.05, 0) is 12.1 Å². The summed E-state index contributed by atoms with van der Waals surface area (Å²) in [6, 6.07) is 7.28. The van der Waals surface area contributed by atoms with Gasteiger partial charge in [0.15, 0.2) is 5.69 Å². The van der Waals surface area contributed by atoms with Crippen LogP contribution in [0.15, 0.2) is 30.7 Å². The Bertz CT molecular complexity index is 553. The van der Waals surface area contributed by atoms with Gasteiger partial charge in [0.25, 0.3) is 0 Å². The van der Waals surface area contributed by atoms with E-state index < -0.39 is 0 Å². The number of hydrogen-bond acceptors (Lipinski definition) is 4. The smallest absolute Gasteiger partial charge is 0.158 e. The van der Waals surface area contributed by atoms with Gasteiger partial charge in [-0.1, -0.05) is 0 Å². The zero-order valence-electron chi connectivity index (χ0n) is 8.71. The van der Waals surface area contributed by atoms with Crippen molar-refractivity contribution in [3.8, 4) is 17.5 Å². The number of nitriles is 1. The van der Waals surface area contributed by atoms with Gasteiger partial charge in [0.1, 0.15) is 18.1 Å². The molecule has 0 radical (unpaired) electrons. The third kappa shape index (κ3) is 1.68. The lowest BCUT2D eigenvalue weighted by Crippen LogP contribution is -1.97. The minimum absolute atomic E-state index is 0.360. The van der Waals surface area contributed by atoms with Crippen LogP contribution in [0.5, 0.6) is 5.75 Å². The number of anilines is 1.